The highest BCUT2D eigenvalue weighted by Gasteiger charge is 2.54. The number of anilines is 1. The zero-order valence-corrected chi connectivity index (χ0v) is 16.0. The molecule has 1 aromatic carbocycles. The second kappa shape index (κ2) is 6.90. The molecule has 4 rings (SSSR count). The molecule has 0 saturated carbocycles. The lowest BCUT2D eigenvalue weighted by atomic mass is 10.1. The van der Waals surface area contributed by atoms with E-state index in [1.54, 1.807) is 24.1 Å². The van der Waals surface area contributed by atoms with Gasteiger partial charge >= 0.3 is 6.03 Å². The van der Waals surface area contributed by atoms with Crippen LogP contribution in [-0.4, -0.2) is 71.6 Å². The number of ether oxygens (including phenoxy) is 1. The number of amides is 3. The van der Waals surface area contributed by atoms with Crippen molar-refractivity contribution in [3.8, 4) is 0 Å². The van der Waals surface area contributed by atoms with Crippen LogP contribution in [0.4, 0.5) is 14.9 Å². The molecular weight excluding hydrogens is 365 g/mol. The van der Waals surface area contributed by atoms with Gasteiger partial charge in [-0.1, -0.05) is 0 Å². The second-order valence-corrected chi connectivity index (χ2v) is 6.86. The average molecular weight is 387 g/mol. The smallest absolute Gasteiger partial charge is 0.328 e. The molecule has 3 amide bonds. The van der Waals surface area contributed by atoms with Gasteiger partial charge in [0.25, 0.3) is 5.91 Å². The van der Waals surface area contributed by atoms with E-state index in [0.717, 1.165) is 11.4 Å². The Labute approximate surface area is 162 Å². The van der Waals surface area contributed by atoms with Gasteiger partial charge in [0.1, 0.15) is 5.82 Å². The number of halogens is 1. The van der Waals surface area contributed by atoms with Gasteiger partial charge in [-0.15, -0.1) is 0 Å². The van der Waals surface area contributed by atoms with Gasteiger partial charge in [0.2, 0.25) is 5.96 Å². The summed E-state index contributed by atoms with van der Waals surface area (Å²) in [5.41, 5.74) is 1.60. The molecule has 3 aliphatic rings. The fourth-order valence-electron chi connectivity index (χ4n) is 3.77. The van der Waals surface area contributed by atoms with Crippen LogP contribution in [0.15, 0.2) is 41.2 Å². The van der Waals surface area contributed by atoms with Crippen molar-refractivity contribution in [1.29, 1.82) is 0 Å². The van der Waals surface area contributed by atoms with E-state index < -0.39 is 12.2 Å². The van der Waals surface area contributed by atoms with Crippen LogP contribution >= 0.6 is 0 Å². The van der Waals surface area contributed by atoms with Gasteiger partial charge in [0, 0.05) is 31.2 Å². The number of hydrogen-bond acceptors (Lipinski definition) is 6. The molecule has 0 bridgehead atoms. The Morgan fingerprint density at radius 2 is 1.93 bits per heavy atom. The lowest BCUT2D eigenvalue weighted by molar-refractivity contribution is -0.137. The molecule has 1 saturated heterocycles. The predicted octanol–water partition coefficient (Wildman–Crippen LogP) is 1.80. The number of imide groups is 1. The number of allylic oxidation sites excluding steroid dienone is 1. The molecule has 148 valence electrons. The Kier molecular flexibility index (Phi) is 4.54. The van der Waals surface area contributed by atoms with Crippen molar-refractivity contribution < 1.29 is 18.7 Å². The highest BCUT2D eigenvalue weighted by atomic mass is 19.1. The summed E-state index contributed by atoms with van der Waals surface area (Å²) >= 11 is 0. The minimum Gasteiger partial charge on any atom is -0.380 e. The quantitative estimate of drug-likeness (QED) is 0.721. The number of urea groups is 1. The number of benzene rings is 1. The summed E-state index contributed by atoms with van der Waals surface area (Å²) in [5, 5.41) is 0. The van der Waals surface area contributed by atoms with Crippen LogP contribution in [-0.2, 0) is 9.53 Å². The first-order valence-corrected chi connectivity index (χ1v) is 9.20. The van der Waals surface area contributed by atoms with E-state index in [-0.39, 0.29) is 24.3 Å². The maximum absolute atomic E-state index is 13.3. The topological polar surface area (TPSA) is 68.7 Å². The van der Waals surface area contributed by atoms with Crippen LogP contribution in [0.3, 0.4) is 0 Å². The van der Waals surface area contributed by atoms with Crippen LogP contribution in [0, 0.1) is 5.82 Å². The Morgan fingerprint density at radius 1 is 1.21 bits per heavy atom. The summed E-state index contributed by atoms with van der Waals surface area (Å²) in [4.78, 5) is 36.8. The van der Waals surface area contributed by atoms with Gasteiger partial charge in [-0.2, -0.15) is 0 Å². The summed E-state index contributed by atoms with van der Waals surface area (Å²) in [6.07, 6.45) is 1.24. The molecule has 1 fully saturated rings. The minimum atomic E-state index is -0.625. The standard InChI is InChI=1S/C19H22FN5O3/c1-4-28-10-9-23-17(26)15-16(22(3)19(23)27)21-18-24(15)11-12(2)25(18)14-7-5-13(20)6-8-14/h5-8,11,15-16H,4,9-10H2,1-3H3. The van der Waals surface area contributed by atoms with Crippen molar-refractivity contribution in [2.24, 2.45) is 4.99 Å². The van der Waals surface area contributed by atoms with Gasteiger partial charge in [-0.05, 0) is 38.1 Å². The third kappa shape index (κ3) is 2.73. The van der Waals surface area contributed by atoms with E-state index in [2.05, 4.69) is 4.99 Å². The molecule has 0 spiro atoms. The Morgan fingerprint density at radius 3 is 2.61 bits per heavy atom. The number of carbonyl (C=O) groups excluding carboxylic acids is 2. The normalized spacial score (nSPS) is 23.9. The van der Waals surface area contributed by atoms with Crippen molar-refractivity contribution in [3.63, 3.8) is 0 Å². The monoisotopic (exact) mass is 387 g/mol. The van der Waals surface area contributed by atoms with E-state index in [0.29, 0.717) is 19.2 Å². The van der Waals surface area contributed by atoms with E-state index >= 15 is 0 Å². The van der Waals surface area contributed by atoms with Crippen molar-refractivity contribution in [2.75, 3.05) is 31.7 Å². The highest BCUT2D eigenvalue weighted by molar-refractivity contribution is 6.09. The lowest BCUT2D eigenvalue weighted by Gasteiger charge is -2.40. The molecule has 3 aliphatic heterocycles. The number of guanidine groups is 1. The number of hydrogen-bond donors (Lipinski definition) is 0. The minimum absolute atomic E-state index is 0.201. The van der Waals surface area contributed by atoms with Gasteiger partial charge in [-0.3, -0.25) is 14.6 Å². The third-order valence-electron chi connectivity index (χ3n) is 5.14. The fraction of sp³-hybridized carbons (Fsp3) is 0.421. The highest BCUT2D eigenvalue weighted by Crippen LogP contribution is 2.36. The molecule has 1 aromatic rings. The summed E-state index contributed by atoms with van der Waals surface area (Å²) in [6, 6.07) is 5.07. The summed E-state index contributed by atoms with van der Waals surface area (Å²) in [7, 11) is 1.64. The molecule has 2 unspecified atom stereocenters. The number of carbonyl (C=O) groups is 2. The van der Waals surface area contributed by atoms with Crippen LogP contribution < -0.4 is 4.90 Å². The Bertz CT molecular complexity index is 869. The molecule has 28 heavy (non-hydrogen) atoms. The van der Waals surface area contributed by atoms with E-state index in [1.165, 1.54) is 21.9 Å². The summed E-state index contributed by atoms with van der Waals surface area (Å²) < 4.78 is 18.6. The number of rotatable bonds is 5. The summed E-state index contributed by atoms with van der Waals surface area (Å²) in [5.74, 6) is -0.0655. The SMILES string of the molecule is CCOCCN1C(=O)C2C(N=C3N(c4ccc(F)cc4)C(C)=CN32)N(C)C1=O. The molecular formula is C19H22FN5O3. The van der Waals surface area contributed by atoms with Crippen LogP contribution in [0.5, 0.6) is 0 Å². The summed E-state index contributed by atoms with van der Waals surface area (Å²) in [6.45, 7) is 4.78. The third-order valence-corrected chi connectivity index (χ3v) is 5.14. The van der Waals surface area contributed by atoms with Crippen LogP contribution in [0.2, 0.25) is 0 Å². The molecule has 0 N–H and O–H groups in total. The number of likely N-dealkylation sites (N-methyl/N-ethyl adjacent to an activating group) is 1. The van der Waals surface area contributed by atoms with E-state index in [1.807, 2.05) is 24.9 Å². The van der Waals surface area contributed by atoms with Gasteiger partial charge in [0.05, 0.1) is 13.2 Å². The number of aliphatic imine (C=N–C) groups is 1. The van der Waals surface area contributed by atoms with Crippen molar-refractivity contribution in [3.05, 3.63) is 42.0 Å². The van der Waals surface area contributed by atoms with E-state index in [4.69, 9.17) is 4.74 Å². The van der Waals surface area contributed by atoms with Crippen LogP contribution in [0.1, 0.15) is 13.8 Å². The lowest BCUT2D eigenvalue weighted by Crippen LogP contribution is -2.64. The number of fused-ring (bicyclic) bond motifs is 3. The fourth-order valence-corrected chi connectivity index (χ4v) is 3.77. The molecule has 8 nitrogen and oxygen atoms in total. The zero-order valence-electron chi connectivity index (χ0n) is 16.0. The molecule has 2 atom stereocenters. The Balaban J connectivity index is 1.64. The molecule has 0 aromatic heterocycles. The number of nitrogens with zero attached hydrogens (tertiary/aromatic N) is 5. The van der Waals surface area contributed by atoms with Crippen molar-refractivity contribution >= 4 is 23.6 Å². The largest absolute Gasteiger partial charge is 0.380 e. The molecule has 0 radical (unpaired) electrons. The first-order chi connectivity index (χ1) is 13.4. The average Bonchev–Trinajstić information content (AvgIpc) is 3.18. The Hall–Kier alpha value is -2.94. The van der Waals surface area contributed by atoms with Gasteiger partial charge < -0.3 is 14.5 Å². The first kappa shape index (κ1) is 18.4. The maximum Gasteiger partial charge on any atom is 0.328 e. The molecule has 9 heteroatoms. The van der Waals surface area contributed by atoms with Crippen LogP contribution in [0.25, 0.3) is 0 Å². The maximum atomic E-state index is 13.3. The van der Waals surface area contributed by atoms with E-state index in [9.17, 15) is 14.0 Å². The second-order valence-electron chi connectivity index (χ2n) is 6.86. The predicted molar refractivity (Wildman–Crippen MR) is 101 cm³/mol. The zero-order chi connectivity index (χ0) is 20.0. The van der Waals surface area contributed by atoms with Crippen molar-refractivity contribution in [2.45, 2.75) is 26.1 Å². The van der Waals surface area contributed by atoms with Crippen molar-refractivity contribution in [1.82, 2.24) is 14.7 Å². The first-order valence-electron chi connectivity index (χ1n) is 9.20. The van der Waals surface area contributed by atoms with Gasteiger partial charge in [-0.25, -0.2) is 14.2 Å². The van der Waals surface area contributed by atoms with Gasteiger partial charge in [0.15, 0.2) is 12.2 Å². The molecule has 3 heterocycles. The molecule has 0 aliphatic carbocycles.